The summed E-state index contributed by atoms with van der Waals surface area (Å²) in [5, 5.41) is 2.87. The van der Waals surface area contributed by atoms with Crippen molar-refractivity contribution < 1.29 is 23.1 Å². The van der Waals surface area contributed by atoms with Crippen LogP contribution in [0, 0.1) is 17.6 Å². The topological polar surface area (TPSA) is 58.6 Å². The standard InChI is InChI=1S/C17H22F2N2O3/c1-11(10-24-2)20-16(22)12-5-7-21(8-6-12)17(23)14-4-3-13(18)9-15(14)19/h3-4,9,11-12H,5-8,10H2,1-2H3,(H,20,22). The van der Waals surface area contributed by atoms with Gasteiger partial charge in [0.25, 0.3) is 5.91 Å². The molecule has 24 heavy (non-hydrogen) atoms. The lowest BCUT2D eigenvalue weighted by atomic mass is 9.95. The quantitative estimate of drug-likeness (QED) is 0.892. The van der Waals surface area contributed by atoms with Gasteiger partial charge in [0.05, 0.1) is 12.2 Å². The lowest BCUT2D eigenvalue weighted by Crippen LogP contribution is -2.45. The molecule has 1 unspecified atom stereocenters. The summed E-state index contributed by atoms with van der Waals surface area (Å²) in [5.41, 5.74) is -0.145. The van der Waals surface area contributed by atoms with E-state index in [9.17, 15) is 18.4 Å². The second-order valence-corrected chi connectivity index (χ2v) is 6.06. The number of rotatable bonds is 5. The average molecular weight is 340 g/mol. The minimum atomic E-state index is -0.867. The molecule has 0 radical (unpaired) electrons. The van der Waals surface area contributed by atoms with Gasteiger partial charge in [-0.1, -0.05) is 0 Å². The van der Waals surface area contributed by atoms with Crippen LogP contribution >= 0.6 is 0 Å². The number of piperidine rings is 1. The Labute approximate surface area is 140 Å². The Balaban J connectivity index is 1.90. The highest BCUT2D eigenvalue weighted by Crippen LogP contribution is 2.21. The van der Waals surface area contributed by atoms with Crippen LogP contribution < -0.4 is 5.32 Å². The van der Waals surface area contributed by atoms with E-state index < -0.39 is 17.5 Å². The molecule has 0 saturated carbocycles. The van der Waals surface area contributed by atoms with Gasteiger partial charge in [0.2, 0.25) is 5.91 Å². The van der Waals surface area contributed by atoms with E-state index in [0.717, 1.165) is 12.1 Å². The first-order chi connectivity index (χ1) is 11.4. The summed E-state index contributed by atoms with van der Waals surface area (Å²) in [7, 11) is 1.57. The average Bonchev–Trinajstić information content (AvgIpc) is 2.54. The van der Waals surface area contributed by atoms with Gasteiger partial charge in [-0.3, -0.25) is 9.59 Å². The van der Waals surface area contributed by atoms with E-state index in [1.807, 2.05) is 6.92 Å². The second kappa shape index (κ2) is 8.19. The smallest absolute Gasteiger partial charge is 0.256 e. The number of hydrogen-bond donors (Lipinski definition) is 1. The molecular formula is C17H22F2N2O3. The van der Waals surface area contributed by atoms with Crippen molar-refractivity contribution in [3.63, 3.8) is 0 Å². The van der Waals surface area contributed by atoms with Crippen molar-refractivity contribution in [2.75, 3.05) is 26.8 Å². The zero-order valence-electron chi connectivity index (χ0n) is 13.9. The highest BCUT2D eigenvalue weighted by Gasteiger charge is 2.29. The molecule has 7 heteroatoms. The minimum absolute atomic E-state index is 0.0559. The molecule has 0 aliphatic carbocycles. The lowest BCUT2D eigenvalue weighted by molar-refractivity contribution is -0.127. The molecule has 0 aromatic heterocycles. The van der Waals surface area contributed by atoms with Crippen LogP contribution in [-0.4, -0.2) is 49.6 Å². The van der Waals surface area contributed by atoms with Crippen LogP contribution in [0.25, 0.3) is 0 Å². The molecule has 2 rings (SSSR count). The number of halogens is 2. The summed E-state index contributed by atoms with van der Waals surface area (Å²) in [5.74, 6) is -2.29. The number of amides is 2. The number of likely N-dealkylation sites (tertiary alicyclic amines) is 1. The Morgan fingerprint density at radius 3 is 2.58 bits per heavy atom. The summed E-state index contributed by atoms with van der Waals surface area (Å²) in [6.07, 6.45) is 1.03. The predicted molar refractivity (Wildman–Crippen MR) is 84.5 cm³/mol. The second-order valence-electron chi connectivity index (χ2n) is 6.06. The van der Waals surface area contributed by atoms with Crippen molar-refractivity contribution in [1.82, 2.24) is 10.2 Å². The van der Waals surface area contributed by atoms with Crippen LogP contribution in [-0.2, 0) is 9.53 Å². The molecule has 5 nitrogen and oxygen atoms in total. The van der Waals surface area contributed by atoms with E-state index in [1.54, 1.807) is 7.11 Å². The van der Waals surface area contributed by atoms with Gasteiger partial charge < -0.3 is 15.0 Å². The normalized spacial score (nSPS) is 16.8. The van der Waals surface area contributed by atoms with Crippen LogP contribution in [0.15, 0.2) is 18.2 Å². The molecule has 2 amide bonds. The molecule has 1 aromatic rings. The monoisotopic (exact) mass is 340 g/mol. The van der Waals surface area contributed by atoms with Gasteiger partial charge in [-0.25, -0.2) is 8.78 Å². The fraction of sp³-hybridized carbons (Fsp3) is 0.529. The summed E-state index contributed by atoms with van der Waals surface area (Å²) in [4.78, 5) is 26.0. The SMILES string of the molecule is COCC(C)NC(=O)C1CCN(C(=O)c2ccc(F)cc2F)CC1. The van der Waals surface area contributed by atoms with E-state index in [0.29, 0.717) is 38.6 Å². The largest absolute Gasteiger partial charge is 0.383 e. The summed E-state index contributed by atoms with van der Waals surface area (Å²) < 4.78 is 31.6. The number of carbonyl (C=O) groups is 2. The maximum atomic E-state index is 13.7. The van der Waals surface area contributed by atoms with Crippen molar-refractivity contribution in [2.24, 2.45) is 5.92 Å². The molecule has 0 bridgehead atoms. The van der Waals surface area contributed by atoms with Gasteiger partial charge in [0, 0.05) is 38.2 Å². The zero-order valence-corrected chi connectivity index (χ0v) is 13.9. The highest BCUT2D eigenvalue weighted by atomic mass is 19.1. The van der Waals surface area contributed by atoms with E-state index in [2.05, 4.69) is 5.32 Å². The number of nitrogens with one attached hydrogen (secondary N) is 1. The fourth-order valence-corrected chi connectivity index (χ4v) is 2.83. The third-order valence-electron chi connectivity index (χ3n) is 4.12. The van der Waals surface area contributed by atoms with Gasteiger partial charge in [-0.05, 0) is 31.9 Å². The zero-order chi connectivity index (χ0) is 17.7. The number of nitrogens with zero attached hydrogens (tertiary/aromatic N) is 1. The Kier molecular flexibility index (Phi) is 6.25. The molecule has 1 heterocycles. The number of benzene rings is 1. The molecule has 1 saturated heterocycles. The first-order valence-corrected chi connectivity index (χ1v) is 7.96. The molecule has 1 N–H and O–H groups in total. The Morgan fingerprint density at radius 1 is 1.33 bits per heavy atom. The van der Waals surface area contributed by atoms with Crippen molar-refractivity contribution in [1.29, 1.82) is 0 Å². The van der Waals surface area contributed by atoms with Crippen LogP contribution in [0.5, 0.6) is 0 Å². The molecule has 0 spiro atoms. The first-order valence-electron chi connectivity index (χ1n) is 7.96. The number of methoxy groups -OCH3 is 1. The Bertz CT molecular complexity index is 601. The van der Waals surface area contributed by atoms with E-state index >= 15 is 0 Å². The fourth-order valence-electron chi connectivity index (χ4n) is 2.83. The molecule has 1 atom stereocenters. The summed E-state index contributed by atoms with van der Waals surface area (Å²) in [6, 6.07) is 2.84. The Morgan fingerprint density at radius 2 is 2.00 bits per heavy atom. The maximum Gasteiger partial charge on any atom is 0.256 e. The van der Waals surface area contributed by atoms with E-state index in [1.165, 1.54) is 4.90 Å². The summed E-state index contributed by atoms with van der Waals surface area (Å²) in [6.45, 7) is 3.03. The van der Waals surface area contributed by atoms with Crippen molar-refractivity contribution >= 4 is 11.8 Å². The molecular weight excluding hydrogens is 318 g/mol. The van der Waals surface area contributed by atoms with Gasteiger partial charge in [-0.2, -0.15) is 0 Å². The van der Waals surface area contributed by atoms with Crippen LogP contribution in [0.1, 0.15) is 30.1 Å². The van der Waals surface area contributed by atoms with Crippen LogP contribution in [0.3, 0.4) is 0 Å². The third kappa shape index (κ3) is 4.50. The molecule has 1 aromatic carbocycles. The summed E-state index contributed by atoms with van der Waals surface area (Å²) >= 11 is 0. The van der Waals surface area contributed by atoms with Gasteiger partial charge >= 0.3 is 0 Å². The van der Waals surface area contributed by atoms with Crippen molar-refractivity contribution in [3.05, 3.63) is 35.4 Å². The number of carbonyl (C=O) groups excluding carboxylic acids is 2. The first kappa shape index (κ1) is 18.3. The molecule has 132 valence electrons. The van der Waals surface area contributed by atoms with Crippen LogP contribution in [0.4, 0.5) is 8.78 Å². The van der Waals surface area contributed by atoms with Gasteiger partial charge in [-0.15, -0.1) is 0 Å². The molecule has 1 aliphatic rings. The van der Waals surface area contributed by atoms with Crippen LogP contribution in [0.2, 0.25) is 0 Å². The van der Waals surface area contributed by atoms with E-state index in [4.69, 9.17) is 4.74 Å². The lowest BCUT2D eigenvalue weighted by Gasteiger charge is -2.32. The van der Waals surface area contributed by atoms with Crippen molar-refractivity contribution in [2.45, 2.75) is 25.8 Å². The van der Waals surface area contributed by atoms with E-state index in [-0.39, 0.29) is 23.4 Å². The highest BCUT2D eigenvalue weighted by molar-refractivity contribution is 5.94. The molecule has 1 aliphatic heterocycles. The third-order valence-corrected chi connectivity index (χ3v) is 4.12. The molecule has 1 fully saturated rings. The number of hydrogen-bond acceptors (Lipinski definition) is 3. The van der Waals surface area contributed by atoms with Gasteiger partial charge in [0.1, 0.15) is 11.6 Å². The van der Waals surface area contributed by atoms with Crippen molar-refractivity contribution in [3.8, 4) is 0 Å². The number of ether oxygens (including phenoxy) is 1. The minimum Gasteiger partial charge on any atom is -0.383 e. The Hall–Kier alpha value is -2.02. The maximum absolute atomic E-state index is 13.7. The predicted octanol–water partition coefficient (Wildman–Crippen LogP) is 1.97. The van der Waals surface area contributed by atoms with Gasteiger partial charge in [0.15, 0.2) is 0 Å².